The molecule has 2 aromatic heterocycles. The van der Waals surface area contributed by atoms with E-state index in [-0.39, 0.29) is 0 Å². The summed E-state index contributed by atoms with van der Waals surface area (Å²) < 4.78 is 4.72. The number of H-pyrrole nitrogens is 1. The van der Waals surface area contributed by atoms with Crippen molar-refractivity contribution < 1.29 is 0 Å². The molecule has 6 heteroatoms. The van der Waals surface area contributed by atoms with Crippen LogP contribution in [0.5, 0.6) is 0 Å². The lowest BCUT2D eigenvalue weighted by Gasteiger charge is -2.02. The van der Waals surface area contributed by atoms with Crippen molar-refractivity contribution in [2.45, 2.75) is 25.9 Å². The number of rotatable bonds is 5. The van der Waals surface area contributed by atoms with E-state index in [0.717, 1.165) is 25.9 Å². The monoisotopic (exact) mass is 223 g/mol. The van der Waals surface area contributed by atoms with Crippen LogP contribution in [-0.4, -0.2) is 24.3 Å². The predicted octanol–water partition coefficient (Wildman–Crippen LogP) is 1.62. The van der Waals surface area contributed by atoms with Gasteiger partial charge in [-0.3, -0.25) is 5.10 Å². The summed E-state index contributed by atoms with van der Waals surface area (Å²) in [5.74, 6) is 0. The second-order valence-electron chi connectivity index (χ2n) is 3.36. The molecular weight excluding hydrogens is 210 g/mol. The first kappa shape index (κ1) is 10.1. The summed E-state index contributed by atoms with van der Waals surface area (Å²) in [6.45, 7) is 1.93. The van der Waals surface area contributed by atoms with Crippen molar-refractivity contribution in [1.82, 2.24) is 24.3 Å². The van der Waals surface area contributed by atoms with Gasteiger partial charge in [-0.05, 0) is 25.1 Å². The Morgan fingerprint density at radius 1 is 1.27 bits per heavy atom. The maximum absolute atomic E-state index is 5.04. The molecule has 0 fully saturated rings. The van der Waals surface area contributed by atoms with Gasteiger partial charge >= 0.3 is 0 Å². The van der Waals surface area contributed by atoms with Crippen LogP contribution in [0.1, 0.15) is 12.8 Å². The van der Waals surface area contributed by atoms with Gasteiger partial charge in [0.2, 0.25) is 0 Å². The molecule has 0 bridgehead atoms. The minimum absolute atomic E-state index is 0.692. The molecule has 15 heavy (non-hydrogen) atoms. The standard InChI is InChI=1S/C9H13N5S/c15-9-12-11-8-14(9)5-2-1-4-13-6-3-10-7-13/h3,6-8H,1-2,4-5H2,(H,12,15). The molecule has 2 aromatic rings. The quantitative estimate of drug-likeness (QED) is 0.619. The lowest BCUT2D eigenvalue weighted by atomic mass is 10.3. The van der Waals surface area contributed by atoms with Gasteiger partial charge in [-0.15, -0.1) is 0 Å². The minimum Gasteiger partial charge on any atom is -0.337 e. The number of aromatic nitrogens is 5. The Morgan fingerprint density at radius 3 is 2.80 bits per heavy atom. The molecule has 2 rings (SSSR count). The second kappa shape index (κ2) is 4.88. The number of hydrogen-bond donors (Lipinski definition) is 1. The van der Waals surface area contributed by atoms with Gasteiger partial charge in [-0.2, -0.15) is 5.10 Å². The van der Waals surface area contributed by atoms with Gasteiger partial charge in [-0.1, -0.05) is 0 Å². The highest BCUT2D eigenvalue weighted by Crippen LogP contribution is 1.98. The Morgan fingerprint density at radius 2 is 2.13 bits per heavy atom. The van der Waals surface area contributed by atoms with E-state index >= 15 is 0 Å². The summed E-state index contributed by atoms with van der Waals surface area (Å²) >= 11 is 5.04. The number of nitrogens with zero attached hydrogens (tertiary/aromatic N) is 4. The van der Waals surface area contributed by atoms with Crippen molar-refractivity contribution in [3.8, 4) is 0 Å². The molecule has 0 aliphatic rings. The molecule has 5 nitrogen and oxygen atoms in total. The van der Waals surface area contributed by atoms with Gasteiger partial charge in [0.1, 0.15) is 6.33 Å². The van der Waals surface area contributed by atoms with Crippen molar-refractivity contribution in [1.29, 1.82) is 0 Å². The Bertz CT molecular complexity index is 441. The second-order valence-corrected chi connectivity index (χ2v) is 3.75. The van der Waals surface area contributed by atoms with Crippen LogP contribution in [0.15, 0.2) is 25.0 Å². The number of hydrogen-bond acceptors (Lipinski definition) is 3. The first-order valence-corrected chi connectivity index (χ1v) is 5.32. The van der Waals surface area contributed by atoms with Crippen LogP contribution >= 0.6 is 12.2 Å². The summed E-state index contributed by atoms with van der Waals surface area (Å²) in [6, 6.07) is 0. The fourth-order valence-electron chi connectivity index (χ4n) is 1.43. The maximum atomic E-state index is 5.04. The first-order valence-electron chi connectivity index (χ1n) is 4.92. The minimum atomic E-state index is 0.692. The van der Waals surface area contributed by atoms with E-state index in [9.17, 15) is 0 Å². The van der Waals surface area contributed by atoms with E-state index in [1.165, 1.54) is 0 Å². The molecule has 80 valence electrons. The van der Waals surface area contributed by atoms with Gasteiger partial charge < -0.3 is 9.13 Å². The molecule has 1 N–H and O–H groups in total. The Balaban J connectivity index is 1.72. The highest BCUT2D eigenvalue weighted by molar-refractivity contribution is 7.71. The molecule has 0 unspecified atom stereocenters. The zero-order valence-electron chi connectivity index (χ0n) is 8.33. The molecule has 0 aliphatic carbocycles. The van der Waals surface area contributed by atoms with Gasteiger partial charge in [0.25, 0.3) is 0 Å². The number of aryl methyl sites for hydroxylation is 2. The van der Waals surface area contributed by atoms with Crippen molar-refractivity contribution in [3.05, 3.63) is 29.8 Å². The van der Waals surface area contributed by atoms with Crippen molar-refractivity contribution in [2.75, 3.05) is 0 Å². The SMILES string of the molecule is S=c1[nH]ncn1CCCCn1ccnc1. The molecule has 2 heterocycles. The topological polar surface area (TPSA) is 51.4 Å². The fraction of sp³-hybridized carbons (Fsp3) is 0.444. The summed E-state index contributed by atoms with van der Waals surface area (Å²) in [4.78, 5) is 3.99. The van der Waals surface area contributed by atoms with Crippen LogP contribution < -0.4 is 0 Å². The van der Waals surface area contributed by atoms with E-state index in [4.69, 9.17) is 12.2 Å². The summed E-state index contributed by atoms with van der Waals surface area (Å²) in [6.07, 6.45) is 9.55. The van der Waals surface area contributed by atoms with E-state index < -0.39 is 0 Å². The van der Waals surface area contributed by atoms with Crippen LogP contribution in [0.25, 0.3) is 0 Å². The number of nitrogens with one attached hydrogen (secondary N) is 1. The Labute approximate surface area is 92.8 Å². The lowest BCUT2D eigenvalue weighted by Crippen LogP contribution is -2.00. The lowest BCUT2D eigenvalue weighted by molar-refractivity contribution is 0.549. The third kappa shape index (κ3) is 2.76. The van der Waals surface area contributed by atoms with Gasteiger partial charge in [0.15, 0.2) is 4.77 Å². The van der Waals surface area contributed by atoms with Crippen molar-refractivity contribution in [3.63, 3.8) is 0 Å². The fourth-order valence-corrected chi connectivity index (χ4v) is 1.62. The van der Waals surface area contributed by atoms with E-state index in [2.05, 4.69) is 19.7 Å². The number of unbranched alkanes of at least 4 members (excludes halogenated alkanes) is 1. The predicted molar refractivity (Wildman–Crippen MR) is 58.9 cm³/mol. The van der Waals surface area contributed by atoms with E-state index in [1.54, 1.807) is 12.5 Å². The largest absolute Gasteiger partial charge is 0.337 e. The third-order valence-corrected chi connectivity index (χ3v) is 2.57. The average Bonchev–Trinajstić information content (AvgIpc) is 2.85. The number of aromatic amines is 1. The highest BCUT2D eigenvalue weighted by atomic mass is 32.1. The Hall–Kier alpha value is -1.43. The summed E-state index contributed by atoms with van der Waals surface area (Å²) in [5, 5.41) is 6.60. The molecule has 0 radical (unpaired) electrons. The van der Waals surface area contributed by atoms with Gasteiger partial charge in [0, 0.05) is 25.5 Å². The zero-order valence-corrected chi connectivity index (χ0v) is 9.15. The third-order valence-electron chi connectivity index (χ3n) is 2.24. The maximum Gasteiger partial charge on any atom is 0.194 e. The molecule has 0 amide bonds. The normalized spacial score (nSPS) is 10.7. The van der Waals surface area contributed by atoms with Crippen LogP contribution in [0.2, 0.25) is 0 Å². The van der Waals surface area contributed by atoms with Crippen LogP contribution in [0.4, 0.5) is 0 Å². The molecule has 0 saturated carbocycles. The zero-order chi connectivity index (χ0) is 10.5. The summed E-state index contributed by atoms with van der Waals surface area (Å²) in [7, 11) is 0. The highest BCUT2D eigenvalue weighted by Gasteiger charge is 1.94. The molecular formula is C9H13N5S. The van der Waals surface area contributed by atoms with Crippen LogP contribution in [-0.2, 0) is 13.1 Å². The first-order chi connectivity index (χ1) is 7.36. The van der Waals surface area contributed by atoms with E-state index in [0.29, 0.717) is 4.77 Å². The molecule has 0 atom stereocenters. The molecule has 0 saturated heterocycles. The molecule has 0 aromatic carbocycles. The molecule has 0 aliphatic heterocycles. The van der Waals surface area contributed by atoms with Crippen molar-refractivity contribution in [2.24, 2.45) is 0 Å². The number of imidazole rings is 1. The smallest absolute Gasteiger partial charge is 0.194 e. The Kier molecular flexibility index (Phi) is 3.29. The average molecular weight is 223 g/mol. The van der Waals surface area contributed by atoms with E-state index in [1.807, 2.05) is 17.1 Å². The molecule has 0 spiro atoms. The van der Waals surface area contributed by atoms with Gasteiger partial charge in [0.05, 0.1) is 6.33 Å². The van der Waals surface area contributed by atoms with Crippen LogP contribution in [0, 0.1) is 4.77 Å². The summed E-state index contributed by atoms with van der Waals surface area (Å²) in [5.41, 5.74) is 0. The van der Waals surface area contributed by atoms with Crippen molar-refractivity contribution >= 4 is 12.2 Å². The van der Waals surface area contributed by atoms with Gasteiger partial charge in [-0.25, -0.2) is 4.98 Å². The van der Waals surface area contributed by atoms with Crippen LogP contribution in [0.3, 0.4) is 0 Å².